The molecule has 2 aliphatic rings. The van der Waals surface area contributed by atoms with E-state index in [9.17, 15) is 4.79 Å². The third kappa shape index (κ3) is 4.72. The van der Waals surface area contributed by atoms with Crippen LogP contribution >= 0.6 is 12.4 Å². The molecule has 4 rings (SSSR count). The molecule has 6 heteroatoms. The molecule has 0 bridgehead atoms. The van der Waals surface area contributed by atoms with Crippen LogP contribution in [0.5, 0.6) is 5.88 Å². The van der Waals surface area contributed by atoms with Gasteiger partial charge in [-0.3, -0.25) is 4.79 Å². The zero-order chi connectivity index (χ0) is 17.9. The van der Waals surface area contributed by atoms with Crippen molar-refractivity contribution >= 4 is 29.7 Å². The number of amides is 1. The van der Waals surface area contributed by atoms with E-state index in [2.05, 4.69) is 5.32 Å². The van der Waals surface area contributed by atoms with Gasteiger partial charge in [-0.05, 0) is 68.2 Å². The summed E-state index contributed by atoms with van der Waals surface area (Å²) in [5, 5.41) is 3.51. The molecule has 0 unspecified atom stereocenters. The molecule has 1 heterocycles. The highest BCUT2D eigenvalue weighted by Crippen LogP contribution is 2.34. The first kappa shape index (κ1) is 19.5. The van der Waals surface area contributed by atoms with Gasteiger partial charge >= 0.3 is 0 Å². The molecule has 1 amide bonds. The monoisotopic (exact) mass is 387 g/mol. The summed E-state index contributed by atoms with van der Waals surface area (Å²) in [4.78, 5) is 15.8. The van der Waals surface area contributed by atoms with Crippen LogP contribution in [0.1, 0.15) is 48.9 Å². The van der Waals surface area contributed by atoms with Gasteiger partial charge in [-0.15, -0.1) is 12.4 Å². The number of anilines is 2. The van der Waals surface area contributed by atoms with E-state index in [1.54, 1.807) is 0 Å². The number of rotatable bonds is 6. The summed E-state index contributed by atoms with van der Waals surface area (Å²) in [7, 11) is 0. The van der Waals surface area contributed by atoms with E-state index >= 15 is 0 Å². The molecule has 0 spiro atoms. The Kier molecular flexibility index (Phi) is 6.22. The highest BCUT2D eigenvalue weighted by molar-refractivity contribution is 5.85. The Morgan fingerprint density at radius 3 is 2.59 bits per heavy atom. The number of pyridine rings is 1. The topological polar surface area (TPSA) is 77.2 Å². The average molecular weight is 388 g/mol. The van der Waals surface area contributed by atoms with E-state index in [-0.39, 0.29) is 24.7 Å². The fourth-order valence-electron chi connectivity index (χ4n) is 3.93. The van der Waals surface area contributed by atoms with Crippen molar-refractivity contribution in [2.24, 2.45) is 5.73 Å². The second kappa shape index (κ2) is 8.61. The minimum atomic E-state index is -0.314. The molecule has 3 N–H and O–H groups in total. The second-order valence-corrected chi connectivity index (χ2v) is 7.28. The largest absolute Gasteiger partial charge is 0.474 e. The molecule has 27 heavy (non-hydrogen) atoms. The summed E-state index contributed by atoms with van der Waals surface area (Å²) in [5.41, 5.74) is 10.7. The van der Waals surface area contributed by atoms with Gasteiger partial charge in [-0.1, -0.05) is 12.1 Å². The minimum absolute atomic E-state index is 0. The SMILES string of the molecule is Cl.NC(=O)Cc1ccc(Nc2cc(OC3CCCC3)nc3c2CCC3)cc1. The zero-order valence-corrected chi connectivity index (χ0v) is 16.2. The smallest absolute Gasteiger partial charge is 0.221 e. The number of aromatic nitrogens is 1. The molecule has 144 valence electrons. The first-order chi connectivity index (χ1) is 12.7. The van der Waals surface area contributed by atoms with Crippen LogP contribution in [-0.4, -0.2) is 17.0 Å². The van der Waals surface area contributed by atoms with Gasteiger partial charge in [0.25, 0.3) is 0 Å². The lowest BCUT2D eigenvalue weighted by Crippen LogP contribution is -2.13. The predicted octanol–water partition coefficient (Wildman–Crippen LogP) is 4.08. The summed E-state index contributed by atoms with van der Waals surface area (Å²) >= 11 is 0. The molecular weight excluding hydrogens is 362 g/mol. The summed E-state index contributed by atoms with van der Waals surface area (Å²) in [6.45, 7) is 0. The van der Waals surface area contributed by atoms with E-state index in [4.69, 9.17) is 15.5 Å². The van der Waals surface area contributed by atoms with Crippen LogP contribution in [0.25, 0.3) is 0 Å². The molecule has 0 atom stereocenters. The lowest BCUT2D eigenvalue weighted by molar-refractivity contribution is -0.117. The van der Waals surface area contributed by atoms with E-state index in [1.165, 1.54) is 18.4 Å². The quantitative estimate of drug-likeness (QED) is 0.782. The zero-order valence-electron chi connectivity index (χ0n) is 15.4. The summed E-state index contributed by atoms with van der Waals surface area (Å²) < 4.78 is 6.14. The molecule has 2 aromatic rings. The molecule has 1 aromatic heterocycles. The van der Waals surface area contributed by atoms with Crippen LogP contribution in [0.15, 0.2) is 30.3 Å². The number of benzene rings is 1. The Bertz CT molecular complexity index is 802. The van der Waals surface area contributed by atoms with Gasteiger partial charge < -0.3 is 15.8 Å². The van der Waals surface area contributed by atoms with Gasteiger partial charge in [-0.2, -0.15) is 0 Å². The van der Waals surface area contributed by atoms with Gasteiger partial charge in [0.15, 0.2) is 0 Å². The number of halogens is 1. The Labute approximate surface area is 166 Å². The van der Waals surface area contributed by atoms with Crippen LogP contribution < -0.4 is 15.8 Å². The molecule has 1 fully saturated rings. The van der Waals surface area contributed by atoms with Gasteiger partial charge in [-0.25, -0.2) is 4.98 Å². The van der Waals surface area contributed by atoms with Gasteiger partial charge in [0, 0.05) is 23.1 Å². The second-order valence-electron chi connectivity index (χ2n) is 7.28. The first-order valence-electron chi connectivity index (χ1n) is 9.51. The molecule has 0 saturated heterocycles. The molecule has 0 aliphatic heterocycles. The minimum Gasteiger partial charge on any atom is -0.474 e. The van der Waals surface area contributed by atoms with Crippen molar-refractivity contribution < 1.29 is 9.53 Å². The van der Waals surface area contributed by atoms with Crippen molar-refractivity contribution in [1.29, 1.82) is 0 Å². The van der Waals surface area contributed by atoms with Crippen LogP contribution in [-0.2, 0) is 24.1 Å². The molecule has 1 saturated carbocycles. The maximum atomic E-state index is 11.0. The van der Waals surface area contributed by atoms with E-state index in [0.717, 1.165) is 60.6 Å². The number of nitrogens with two attached hydrogens (primary N) is 1. The summed E-state index contributed by atoms with van der Waals surface area (Å²) in [6, 6.07) is 9.88. The first-order valence-corrected chi connectivity index (χ1v) is 9.51. The third-order valence-corrected chi connectivity index (χ3v) is 5.23. The standard InChI is InChI=1S/C21H25N3O2.ClH/c22-20(25)12-14-8-10-15(11-9-14)23-19-13-21(26-16-4-1-2-5-16)24-18-7-3-6-17(18)19;/h8-11,13,16H,1-7,12H2,(H2,22,25)(H,23,24);1H. The fraction of sp³-hybridized carbons (Fsp3) is 0.429. The number of nitrogens with one attached hydrogen (secondary N) is 1. The van der Waals surface area contributed by atoms with Crippen molar-refractivity contribution in [3.63, 3.8) is 0 Å². The highest BCUT2D eigenvalue weighted by atomic mass is 35.5. The number of ether oxygens (including phenoxy) is 1. The lowest BCUT2D eigenvalue weighted by Gasteiger charge is -2.17. The number of carbonyl (C=O) groups excluding carboxylic acids is 1. The third-order valence-electron chi connectivity index (χ3n) is 5.23. The fourth-order valence-corrected chi connectivity index (χ4v) is 3.93. The number of primary amides is 1. The van der Waals surface area contributed by atoms with Gasteiger partial charge in [0.2, 0.25) is 11.8 Å². The molecule has 1 aromatic carbocycles. The lowest BCUT2D eigenvalue weighted by atomic mass is 10.1. The van der Waals surface area contributed by atoms with Crippen LogP contribution in [0.2, 0.25) is 0 Å². The number of aryl methyl sites for hydroxylation is 1. The van der Waals surface area contributed by atoms with Gasteiger partial charge in [0.1, 0.15) is 6.10 Å². The summed E-state index contributed by atoms with van der Waals surface area (Å²) in [6.07, 6.45) is 8.54. The maximum Gasteiger partial charge on any atom is 0.221 e. The Balaban J connectivity index is 0.00000210. The van der Waals surface area contributed by atoms with Crippen molar-refractivity contribution in [3.8, 4) is 5.88 Å². The molecule has 5 nitrogen and oxygen atoms in total. The number of carbonyl (C=O) groups is 1. The van der Waals surface area contributed by atoms with Crippen LogP contribution in [0, 0.1) is 0 Å². The Hall–Kier alpha value is -2.27. The summed E-state index contributed by atoms with van der Waals surface area (Å²) in [5.74, 6) is 0.428. The van der Waals surface area contributed by atoms with E-state index in [0.29, 0.717) is 6.10 Å². The van der Waals surface area contributed by atoms with Crippen LogP contribution in [0.3, 0.4) is 0 Å². The van der Waals surface area contributed by atoms with E-state index in [1.807, 2.05) is 30.3 Å². The van der Waals surface area contributed by atoms with Crippen molar-refractivity contribution in [3.05, 3.63) is 47.2 Å². The van der Waals surface area contributed by atoms with Gasteiger partial charge in [0.05, 0.1) is 6.42 Å². The van der Waals surface area contributed by atoms with Crippen molar-refractivity contribution in [2.45, 2.75) is 57.5 Å². The normalized spacial score (nSPS) is 15.9. The van der Waals surface area contributed by atoms with Crippen molar-refractivity contribution in [2.75, 3.05) is 5.32 Å². The Morgan fingerprint density at radius 1 is 1.15 bits per heavy atom. The number of hydrogen-bond donors (Lipinski definition) is 2. The maximum absolute atomic E-state index is 11.0. The van der Waals surface area contributed by atoms with Crippen LogP contribution in [0.4, 0.5) is 11.4 Å². The number of fused-ring (bicyclic) bond motifs is 1. The number of nitrogens with zero attached hydrogens (tertiary/aromatic N) is 1. The van der Waals surface area contributed by atoms with E-state index < -0.39 is 0 Å². The van der Waals surface area contributed by atoms with Crippen molar-refractivity contribution in [1.82, 2.24) is 4.98 Å². The Morgan fingerprint density at radius 2 is 1.89 bits per heavy atom. The molecule has 0 radical (unpaired) electrons. The molecular formula is C21H26ClN3O2. The molecule has 2 aliphatic carbocycles. The predicted molar refractivity (Wildman–Crippen MR) is 109 cm³/mol. The average Bonchev–Trinajstić information content (AvgIpc) is 3.28. The highest BCUT2D eigenvalue weighted by Gasteiger charge is 2.22. The number of hydrogen-bond acceptors (Lipinski definition) is 4.